The Balaban J connectivity index is 1.84. The number of hydrogen-bond acceptors (Lipinski definition) is 6. The van der Waals surface area contributed by atoms with Gasteiger partial charge in [0.2, 0.25) is 0 Å². The number of nitrogens with one attached hydrogen (secondary N) is 3. The number of thioether (sulfide) groups is 1. The third kappa shape index (κ3) is 5.31. The summed E-state index contributed by atoms with van der Waals surface area (Å²) >= 11 is -0.308. The summed E-state index contributed by atoms with van der Waals surface area (Å²) in [7, 11) is -2.63. The van der Waals surface area contributed by atoms with Crippen LogP contribution in [0.1, 0.15) is 12.5 Å². The van der Waals surface area contributed by atoms with Crippen LogP contribution in [0, 0.1) is 0 Å². The second-order valence-corrected chi connectivity index (χ2v) is 9.72. The van der Waals surface area contributed by atoms with Crippen LogP contribution in [-0.2, 0) is 21.4 Å². The second kappa shape index (κ2) is 8.60. The third-order valence-electron chi connectivity index (χ3n) is 4.56. The molecule has 3 N–H and O–H groups in total. The number of alkyl halides is 3. The van der Waals surface area contributed by atoms with E-state index in [0.29, 0.717) is 5.56 Å². The van der Waals surface area contributed by atoms with Gasteiger partial charge >= 0.3 is 11.5 Å². The minimum Gasteiger partial charge on any atom is -0.323 e. The smallest absolute Gasteiger partial charge is 0.323 e. The molecule has 0 bridgehead atoms. The van der Waals surface area contributed by atoms with E-state index in [1.807, 2.05) is 0 Å². The van der Waals surface area contributed by atoms with Gasteiger partial charge in [-0.25, -0.2) is 14.4 Å². The first-order chi connectivity index (χ1) is 14.8. The largest absolute Gasteiger partial charge is 0.446 e. The summed E-state index contributed by atoms with van der Waals surface area (Å²) in [6.45, 7) is 1.47. The van der Waals surface area contributed by atoms with E-state index in [4.69, 9.17) is 0 Å². The summed E-state index contributed by atoms with van der Waals surface area (Å²) in [6, 6.07) is 5.57. The predicted octanol–water partition coefficient (Wildman–Crippen LogP) is 2.63. The lowest BCUT2D eigenvalue weighted by Crippen LogP contribution is -2.46. The molecule has 1 aromatic heterocycles. The Morgan fingerprint density at radius 1 is 1.19 bits per heavy atom. The van der Waals surface area contributed by atoms with Crippen molar-refractivity contribution in [3.8, 4) is 0 Å². The Labute approximate surface area is 186 Å². The zero-order valence-electron chi connectivity index (χ0n) is 16.7. The summed E-state index contributed by atoms with van der Waals surface area (Å²) in [4.78, 5) is 30.3. The van der Waals surface area contributed by atoms with Crippen molar-refractivity contribution in [3.05, 3.63) is 48.3 Å². The zero-order valence-corrected chi connectivity index (χ0v) is 18.4. The number of hydrogen-bond donors (Lipinski definition) is 3. The summed E-state index contributed by atoms with van der Waals surface area (Å²) in [5, 5.41) is 2.57. The molecular weight excluding hydrogens is 471 g/mol. The summed E-state index contributed by atoms with van der Waals surface area (Å²) < 4.78 is 65.6. The van der Waals surface area contributed by atoms with Crippen LogP contribution < -0.4 is 19.7 Å². The van der Waals surface area contributed by atoms with E-state index in [0.717, 1.165) is 17.0 Å². The predicted molar refractivity (Wildman–Crippen MR) is 112 cm³/mol. The van der Waals surface area contributed by atoms with E-state index in [1.54, 1.807) is 0 Å². The number of rotatable bonds is 7. The van der Waals surface area contributed by atoms with Gasteiger partial charge in [-0.15, -0.1) is 0 Å². The lowest BCUT2D eigenvalue weighted by atomic mass is 9.92. The molecule has 3 amide bonds. The van der Waals surface area contributed by atoms with E-state index in [9.17, 15) is 31.2 Å². The fourth-order valence-electron chi connectivity index (χ4n) is 3.08. The van der Waals surface area contributed by atoms with Crippen LogP contribution in [0.15, 0.2) is 47.6 Å². The maximum Gasteiger partial charge on any atom is 0.446 e. The van der Waals surface area contributed by atoms with E-state index in [2.05, 4.69) is 19.7 Å². The number of aromatic nitrogens is 1. The molecular formula is C18H18F3N5O4S2. The normalized spacial score (nSPS) is 19.2. The number of carbonyl (C=O) groups is 2. The molecule has 1 atom stereocenters. The maximum absolute atomic E-state index is 13.1. The fraction of sp³-hybridized carbons (Fsp3) is 0.278. The summed E-state index contributed by atoms with van der Waals surface area (Å²) in [5.74, 6) is -0.641. The highest BCUT2D eigenvalue weighted by Crippen LogP contribution is 2.38. The zero-order chi connectivity index (χ0) is 23.7. The average molecular weight is 490 g/mol. The van der Waals surface area contributed by atoms with E-state index in [1.165, 1.54) is 44.6 Å². The fourth-order valence-corrected chi connectivity index (χ4v) is 4.20. The number of anilines is 2. The van der Waals surface area contributed by atoms with Gasteiger partial charge in [0.25, 0.3) is 16.1 Å². The average Bonchev–Trinajstić information content (AvgIpc) is 2.91. The van der Waals surface area contributed by atoms with E-state index in [-0.39, 0.29) is 34.5 Å². The molecule has 14 heteroatoms. The number of amides is 3. The van der Waals surface area contributed by atoms with Crippen LogP contribution in [0.3, 0.4) is 0 Å². The van der Waals surface area contributed by atoms with Crippen molar-refractivity contribution in [1.82, 2.24) is 15.0 Å². The SMILES string of the molecule is CNS(=O)(=O)Nc1cnccc1CC1(C)NC(=O)N(c2ccc(SC(F)(F)F)cc2)C1=O. The van der Waals surface area contributed by atoms with Crippen molar-refractivity contribution in [3.63, 3.8) is 0 Å². The molecule has 2 heterocycles. The van der Waals surface area contributed by atoms with E-state index < -0.39 is 33.2 Å². The molecule has 1 aromatic carbocycles. The van der Waals surface area contributed by atoms with Gasteiger partial charge in [0.15, 0.2) is 0 Å². The number of nitrogens with zero attached hydrogens (tertiary/aromatic N) is 2. The lowest BCUT2D eigenvalue weighted by molar-refractivity contribution is -0.121. The monoisotopic (exact) mass is 489 g/mol. The molecule has 1 saturated heterocycles. The highest BCUT2D eigenvalue weighted by Gasteiger charge is 2.48. The second-order valence-electron chi connectivity index (χ2n) is 6.96. The third-order valence-corrected chi connectivity index (χ3v) is 6.32. The summed E-state index contributed by atoms with van der Waals surface area (Å²) in [6.07, 6.45) is 2.61. The highest BCUT2D eigenvalue weighted by atomic mass is 32.2. The summed E-state index contributed by atoms with van der Waals surface area (Å²) in [5.41, 5.74) is -5.27. The van der Waals surface area contributed by atoms with Crippen LogP contribution in [0.4, 0.5) is 29.3 Å². The number of halogens is 3. The molecule has 0 saturated carbocycles. The number of imide groups is 1. The minimum absolute atomic E-state index is 0.0693. The molecule has 9 nitrogen and oxygen atoms in total. The topological polar surface area (TPSA) is 120 Å². The molecule has 32 heavy (non-hydrogen) atoms. The van der Waals surface area contributed by atoms with Gasteiger partial charge in [0.05, 0.1) is 17.6 Å². The van der Waals surface area contributed by atoms with Gasteiger partial charge in [-0.3, -0.25) is 14.5 Å². The highest BCUT2D eigenvalue weighted by molar-refractivity contribution is 8.00. The van der Waals surface area contributed by atoms with Gasteiger partial charge in [0, 0.05) is 24.6 Å². The number of pyridine rings is 1. The molecule has 1 unspecified atom stereocenters. The molecule has 172 valence electrons. The Kier molecular flexibility index (Phi) is 6.40. The van der Waals surface area contributed by atoms with Crippen molar-refractivity contribution < 1.29 is 31.2 Å². The molecule has 0 radical (unpaired) electrons. The van der Waals surface area contributed by atoms with E-state index >= 15 is 0 Å². The van der Waals surface area contributed by atoms with Crippen LogP contribution in [0.2, 0.25) is 0 Å². The molecule has 0 aliphatic carbocycles. The standard InChI is InChI=1S/C18H18F3N5O4S2/c1-17(9-11-7-8-23-10-14(11)25-32(29,30)22-2)15(27)26(16(28)24-17)12-3-5-13(6-4-12)31-18(19,20)21/h3-8,10,22,25H,9H2,1-2H3,(H,24,28). The molecule has 1 aliphatic heterocycles. The van der Waals surface area contributed by atoms with Gasteiger partial charge in [-0.2, -0.15) is 21.6 Å². The minimum atomic E-state index is -4.46. The first kappa shape index (κ1) is 23.8. The van der Waals surface area contributed by atoms with Crippen molar-refractivity contribution in [2.75, 3.05) is 16.7 Å². The van der Waals surface area contributed by atoms with Gasteiger partial charge < -0.3 is 5.32 Å². The number of carbonyl (C=O) groups excluding carboxylic acids is 2. The quantitative estimate of drug-likeness (QED) is 0.406. The first-order valence-corrected chi connectivity index (χ1v) is 11.3. The molecule has 0 spiro atoms. The Hall–Kier alpha value is -2.84. The first-order valence-electron chi connectivity index (χ1n) is 9.00. The molecule has 1 aliphatic rings. The van der Waals surface area contributed by atoms with Gasteiger partial charge in [-0.05, 0) is 54.6 Å². The Bertz CT molecular complexity index is 1140. The van der Waals surface area contributed by atoms with Crippen molar-refractivity contribution >= 4 is 45.3 Å². The number of benzene rings is 1. The van der Waals surface area contributed by atoms with Crippen LogP contribution in [0.25, 0.3) is 0 Å². The van der Waals surface area contributed by atoms with Crippen molar-refractivity contribution in [1.29, 1.82) is 0 Å². The molecule has 3 rings (SSSR count). The van der Waals surface area contributed by atoms with Crippen molar-refractivity contribution in [2.24, 2.45) is 0 Å². The van der Waals surface area contributed by atoms with Gasteiger partial charge in [-0.1, -0.05) is 0 Å². The van der Waals surface area contributed by atoms with Gasteiger partial charge in [0.1, 0.15) is 5.54 Å². The lowest BCUT2D eigenvalue weighted by Gasteiger charge is -2.23. The van der Waals surface area contributed by atoms with Crippen LogP contribution in [0.5, 0.6) is 0 Å². The Morgan fingerprint density at radius 2 is 1.84 bits per heavy atom. The van der Waals surface area contributed by atoms with Crippen LogP contribution >= 0.6 is 11.8 Å². The Morgan fingerprint density at radius 3 is 2.44 bits per heavy atom. The number of urea groups is 1. The molecule has 2 aromatic rings. The van der Waals surface area contributed by atoms with Crippen molar-refractivity contribution in [2.45, 2.75) is 29.3 Å². The molecule has 1 fully saturated rings. The maximum atomic E-state index is 13.1. The van der Waals surface area contributed by atoms with Crippen LogP contribution in [-0.4, -0.2) is 43.4 Å².